The molecule has 0 aromatic heterocycles. The first-order valence-corrected chi connectivity index (χ1v) is 5.88. The largest absolute Gasteiger partial charge is 0.497 e. The third kappa shape index (κ3) is 2.96. The summed E-state index contributed by atoms with van der Waals surface area (Å²) in [5.74, 6) is 0.184. The van der Waals surface area contributed by atoms with Gasteiger partial charge in [-0.3, -0.25) is 0 Å². The lowest BCUT2D eigenvalue weighted by Gasteiger charge is -2.32. The highest BCUT2D eigenvalue weighted by Crippen LogP contribution is 2.24. The van der Waals surface area contributed by atoms with Crippen LogP contribution in [0.25, 0.3) is 0 Å². The molecule has 1 aromatic rings. The third-order valence-electron chi connectivity index (χ3n) is 3.23. The number of ether oxygens (including phenoxy) is 1. The van der Waals surface area contributed by atoms with Crippen LogP contribution in [-0.2, 0) is 6.42 Å². The van der Waals surface area contributed by atoms with Gasteiger partial charge in [0, 0.05) is 19.0 Å². The standard InChI is InChI=1S/C13H18FNO2/c1-17-11-4-3-10(12(14)7-11)8-13(16)5-2-6-15-9-13/h3-4,7,15-16H,2,5-6,8-9H2,1H3. The highest BCUT2D eigenvalue weighted by Gasteiger charge is 2.30. The van der Waals surface area contributed by atoms with E-state index >= 15 is 0 Å². The van der Waals surface area contributed by atoms with E-state index in [0.717, 1.165) is 13.0 Å². The molecule has 1 aliphatic rings. The van der Waals surface area contributed by atoms with Crippen LogP contribution in [0.2, 0.25) is 0 Å². The molecule has 3 nitrogen and oxygen atoms in total. The molecule has 2 rings (SSSR count). The number of hydrogen-bond acceptors (Lipinski definition) is 3. The van der Waals surface area contributed by atoms with Crippen LogP contribution in [0, 0.1) is 5.82 Å². The topological polar surface area (TPSA) is 41.5 Å². The SMILES string of the molecule is COc1ccc(CC2(O)CCCNC2)c(F)c1. The first-order chi connectivity index (χ1) is 8.13. The summed E-state index contributed by atoms with van der Waals surface area (Å²) >= 11 is 0. The summed E-state index contributed by atoms with van der Waals surface area (Å²) in [5, 5.41) is 13.5. The van der Waals surface area contributed by atoms with Crippen molar-refractivity contribution in [3.8, 4) is 5.75 Å². The highest BCUT2D eigenvalue weighted by molar-refractivity contribution is 5.30. The molecule has 0 bridgehead atoms. The smallest absolute Gasteiger partial charge is 0.130 e. The van der Waals surface area contributed by atoms with Crippen LogP contribution >= 0.6 is 0 Å². The molecule has 1 aliphatic heterocycles. The van der Waals surface area contributed by atoms with Crippen molar-refractivity contribution in [2.24, 2.45) is 0 Å². The van der Waals surface area contributed by atoms with Crippen molar-refractivity contribution in [2.45, 2.75) is 24.9 Å². The maximum atomic E-state index is 13.8. The molecule has 0 radical (unpaired) electrons. The Kier molecular flexibility index (Phi) is 3.64. The van der Waals surface area contributed by atoms with Crippen molar-refractivity contribution in [1.29, 1.82) is 0 Å². The van der Waals surface area contributed by atoms with Gasteiger partial charge in [0.15, 0.2) is 0 Å². The molecule has 1 unspecified atom stereocenters. The second-order valence-electron chi connectivity index (χ2n) is 4.64. The van der Waals surface area contributed by atoms with Gasteiger partial charge in [-0.25, -0.2) is 4.39 Å². The minimum Gasteiger partial charge on any atom is -0.497 e. The van der Waals surface area contributed by atoms with Crippen molar-refractivity contribution in [1.82, 2.24) is 5.32 Å². The van der Waals surface area contributed by atoms with Gasteiger partial charge in [0.2, 0.25) is 0 Å². The van der Waals surface area contributed by atoms with Crippen LogP contribution in [-0.4, -0.2) is 30.9 Å². The van der Waals surface area contributed by atoms with E-state index in [2.05, 4.69) is 5.32 Å². The summed E-state index contributed by atoms with van der Waals surface area (Å²) in [6, 6.07) is 4.76. The minimum absolute atomic E-state index is 0.316. The molecule has 0 aliphatic carbocycles. The molecule has 4 heteroatoms. The van der Waals surface area contributed by atoms with E-state index in [9.17, 15) is 9.50 Å². The lowest BCUT2D eigenvalue weighted by Crippen LogP contribution is -2.47. The maximum absolute atomic E-state index is 13.8. The number of piperidine rings is 1. The second-order valence-corrected chi connectivity index (χ2v) is 4.64. The molecule has 2 N–H and O–H groups in total. The quantitative estimate of drug-likeness (QED) is 0.839. The summed E-state index contributed by atoms with van der Waals surface area (Å²) in [6.07, 6.45) is 1.98. The van der Waals surface area contributed by atoms with E-state index in [4.69, 9.17) is 4.74 Å². The molecule has 94 valence electrons. The number of halogens is 1. The number of methoxy groups -OCH3 is 1. The van der Waals surface area contributed by atoms with Gasteiger partial charge in [0.25, 0.3) is 0 Å². The van der Waals surface area contributed by atoms with E-state index in [0.29, 0.717) is 30.7 Å². The Morgan fingerprint density at radius 2 is 2.35 bits per heavy atom. The van der Waals surface area contributed by atoms with Crippen LogP contribution in [0.15, 0.2) is 18.2 Å². The molecular weight excluding hydrogens is 221 g/mol. The Morgan fingerprint density at radius 1 is 1.53 bits per heavy atom. The van der Waals surface area contributed by atoms with Gasteiger partial charge in [-0.05, 0) is 31.0 Å². The maximum Gasteiger partial charge on any atom is 0.130 e. The first-order valence-electron chi connectivity index (χ1n) is 5.88. The molecule has 17 heavy (non-hydrogen) atoms. The van der Waals surface area contributed by atoms with Crippen LogP contribution in [0.1, 0.15) is 18.4 Å². The highest BCUT2D eigenvalue weighted by atomic mass is 19.1. The summed E-state index contributed by atoms with van der Waals surface area (Å²) in [7, 11) is 1.51. The van der Waals surface area contributed by atoms with Gasteiger partial charge in [-0.15, -0.1) is 0 Å². The van der Waals surface area contributed by atoms with E-state index in [1.807, 2.05) is 0 Å². The van der Waals surface area contributed by atoms with Gasteiger partial charge in [0.1, 0.15) is 11.6 Å². The predicted molar refractivity (Wildman–Crippen MR) is 63.7 cm³/mol. The Labute approximate surface area is 101 Å². The number of rotatable bonds is 3. The van der Waals surface area contributed by atoms with Crippen molar-refractivity contribution in [3.63, 3.8) is 0 Å². The van der Waals surface area contributed by atoms with Crippen LogP contribution in [0.4, 0.5) is 4.39 Å². The molecule has 0 spiro atoms. The van der Waals surface area contributed by atoms with Crippen LogP contribution < -0.4 is 10.1 Å². The Balaban J connectivity index is 2.12. The second kappa shape index (κ2) is 5.02. The average Bonchev–Trinajstić information content (AvgIpc) is 2.32. The number of benzene rings is 1. The van der Waals surface area contributed by atoms with Gasteiger partial charge in [-0.1, -0.05) is 6.07 Å². The predicted octanol–water partition coefficient (Wildman–Crippen LogP) is 1.49. The van der Waals surface area contributed by atoms with E-state index in [-0.39, 0.29) is 5.82 Å². The number of hydrogen-bond donors (Lipinski definition) is 2. The molecular formula is C13H18FNO2. The van der Waals surface area contributed by atoms with E-state index in [1.54, 1.807) is 12.1 Å². The Bertz CT molecular complexity index is 389. The summed E-state index contributed by atoms with van der Waals surface area (Å²) < 4.78 is 18.7. The number of aliphatic hydroxyl groups is 1. The molecule has 0 saturated carbocycles. The Morgan fingerprint density at radius 3 is 2.94 bits per heavy atom. The molecule has 1 saturated heterocycles. The average molecular weight is 239 g/mol. The van der Waals surface area contributed by atoms with E-state index < -0.39 is 5.60 Å². The fourth-order valence-electron chi connectivity index (χ4n) is 2.26. The minimum atomic E-state index is -0.826. The van der Waals surface area contributed by atoms with Gasteiger partial charge < -0.3 is 15.2 Å². The van der Waals surface area contributed by atoms with Crippen LogP contribution in [0.3, 0.4) is 0 Å². The van der Waals surface area contributed by atoms with Gasteiger partial charge >= 0.3 is 0 Å². The first kappa shape index (κ1) is 12.3. The van der Waals surface area contributed by atoms with Crippen molar-refractivity contribution in [3.05, 3.63) is 29.6 Å². The molecule has 1 aromatic carbocycles. The number of β-amino-alcohol motifs (C(OH)–C–C–N with tert-alkyl or cyclic N) is 1. The monoisotopic (exact) mass is 239 g/mol. The molecule has 0 amide bonds. The molecule has 1 fully saturated rings. The van der Waals surface area contributed by atoms with Crippen molar-refractivity contribution < 1.29 is 14.2 Å². The van der Waals surface area contributed by atoms with Crippen molar-refractivity contribution in [2.75, 3.05) is 20.2 Å². The lowest BCUT2D eigenvalue weighted by molar-refractivity contribution is 0.0162. The van der Waals surface area contributed by atoms with Gasteiger partial charge in [-0.2, -0.15) is 0 Å². The zero-order valence-electron chi connectivity index (χ0n) is 10.0. The Hall–Kier alpha value is -1.13. The van der Waals surface area contributed by atoms with Crippen LogP contribution in [0.5, 0.6) is 5.75 Å². The van der Waals surface area contributed by atoms with E-state index in [1.165, 1.54) is 13.2 Å². The zero-order valence-corrected chi connectivity index (χ0v) is 10.0. The lowest BCUT2D eigenvalue weighted by atomic mass is 9.87. The van der Waals surface area contributed by atoms with Crippen molar-refractivity contribution >= 4 is 0 Å². The summed E-state index contributed by atoms with van der Waals surface area (Å²) in [5.41, 5.74) is -0.287. The molecule has 1 heterocycles. The number of nitrogens with one attached hydrogen (secondary N) is 1. The fraction of sp³-hybridized carbons (Fsp3) is 0.538. The fourth-order valence-corrected chi connectivity index (χ4v) is 2.26. The van der Waals surface area contributed by atoms with Gasteiger partial charge in [0.05, 0.1) is 12.7 Å². The summed E-state index contributed by atoms with van der Waals surface area (Å²) in [4.78, 5) is 0. The summed E-state index contributed by atoms with van der Waals surface area (Å²) in [6.45, 7) is 1.45. The third-order valence-corrected chi connectivity index (χ3v) is 3.23. The normalized spacial score (nSPS) is 24.6. The molecule has 1 atom stereocenters. The zero-order chi connectivity index (χ0) is 12.3.